The Morgan fingerprint density at radius 2 is 1.71 bits per heavy atom. The molecule has 0 radical (unpaired) electrons. The number of aryl methyl sites for hydroxylation is 3. The van der Waals surface area contributed by atoms with Gasteiger partial charge in [-0.2, -0.15) is 0 Å². The SMILES string of the molecule is COc1ccc(OCc2c(C)cc(C)cc2C)c(C=O)c1. The molecule has 0 aliphatic rings. The molecule has 2 aromatic rings. The van der Waals surface area contributed by atoms with Crippen LogP contribution in [0.1, 0.15) is 32.6 Å². The number of carbonyl (C=O) groups is 1. The van der Waals surface area contributed by atoms with Gasteiger partial charge in [-0.25, -0.2) is 0 Å². The molecule has 110 valence electrons. The van der Waals surface area contributed by atoms with Gasteiger partial charge in [0.2, 0.25) is 0 Å². The first-order valence-electron chi connectivity index (χ1n) is 6.88. The minimum absolute atomic E-state index is 0.450. The van der Waals surface area contributed by atoms with Crippen molar-refractivity contribution in [3.63, 3.8) is 0 Å². The first-order chi connectivity index (χ1) is 10.0. The van der Waals surface area contributed by atoms with Gasteiger partial charge in [-0.15, -0.1) is 0 Å². The lowest BCUT2D eigenvalue weighted by Crippen LogP contribution is -2.03. The van der Waals surface area contributed by atoms with E-state index in [0.29, 0.717) is 23.7 Å². The Morgan fingerprint density at radius 3 is 2.29 bits per heavy atom. The third-order valence-electron chi connectivity index (χ3n) is 3.56. The summed E-state index contributed by atoms with van der Waals surface area (Å²) in [7, 11) is 1.57. The minimum Gasteiger partial charge on any atom is -0.497 e. The third-order valence-corrected chi connectivity index (χ3v) is 3.56. The number of benzene rings is 2. The summed E-state index contributed by atoms with van der Waals surface area (Å²) in [5.41, 5.74) is 5.30. The lowest BCUT2D eigenvalue weighted by molar-refractivity contribution is 0.111. The van der Waals surface area contributed by atoms with E-state index in [9.17, 15) is 4.79 Å². The maximum atomic E-state index is 11.1. The van der Waals surface area contributed by atoms with Crippen molar-refractivity contribution in [2.75, 3.05) is 7.11 Å². The van der Waals surface area contributed by atoms with E-state index >= 15 is 0 Å². The van der Waals surface area contributed by atoms with Crippen LogP contribution < -0.4 is 9.47 Å². The first kappa shape index (κ1) is 15.1. The van der Waals surface area contributed by atoms with Crippen molar-refractivity contribution in [1.29, 1.82) is 0 Å². The van der Waals surface area contributed by atoms with E-state index in [-0.39, 0.29) is 0 Å². The van der Waals surface area contributed by atoms with Crippen LogP contribution in [0.3, 0.4) is 0 Å². The van der Waals surface area contributed by atoms with E-state index in [2.05, 4.69) is 32.9 Å². The van der Waals surface area contributed by atoms with Gasteiger partial charge in [0.15, 0.2) is 6.29 Å². The number of hydrogen-bond donors (Lipinski definition) is 0. The van der Waals surface area contributed by atoms with Gasteiger partial charge in [-0.1, -0.05) is 17.7 Å². The molecule has 2 aromatic carbocycles. The van der Waals surface area contributed by atoms with Crippen LogP contribution in [0, 0.1) is 20.8 Å². The van der Waals surface area contributed by atoms with Crippen LogP contribution in [0.25, 0.3) is 0 Å². The minimum atomic E-state index is 0.450. The zero-order chi connectivity index (χ0) is 15.4. The van der Waals surface area contributed by atoms with E-state index in [0.717, 1.165) is 11.8 Å². The Hall–Kier alpha value is -2.29. The molecule has 0 aliphatic heterocycles. The lowest BCUT2D eigenvalue weighted by Gasteiger charge is -2.14. The fourth-order valence-corrected chi connectivity index (χ4v) is 2.46. The molecule has 0 bridgehead atoms. The van der Waals surface area contributed by atoms with Gasteiger partial charge in [0.25, 0.3) is 0 Å². The molecule has 3 nitrogen and oxygen atoms in total. The zero-order valence-corrected chi connectivity index (χ0v) is 12.9. The van der Waals surface area contributed by atoms with Crippen molar-refractivity contribution in [1.82, 2.24) is 0 Å². The number of aldehydes is 1. The standard InChI is InChI=1S/C18H20O3/c1-12-7-13(2)17(14(3)8-12)11-21-18-6-5-16(20-4)9-15(18)10-19/h5-10H,11H2,1-4H3. The number of carbonyl (C=O) groups excluding carboxylic acids is 1. The lowest BCUT2D eigenvalue weighted by atomic mass is 10.0. The summed E-state index contributed by atoms with van der Waals surface area (Å²) < 4.78 is 10.9. The smallest absolute Gasteiger partial charge is 0.153 e. The molecule has 0 heterocycles. The predicted octanol–water partition coefficient (Wildman–Crippen LogP) is 4.01. The highest BCUT2D eigenvalue weighted by atomic mass is 16.5. The summed E-state index contributed by atoms with van der Waals surface area (Å²) in [4.78, 5) is 11.1. The van der Waals surface area contributed by atoms with Gasteiger partial charge >= 0.3 is 0 Å². The molecule has 0 atom stereocenters. The Labute approximate surface area is 125 Å². The molecule has 0 saturated carbocycles. The van der Waals surface area contributed by atoms with Crippen molar-refractivity contribution in [2.24, 2.45) is 0 Å². The molecule has 0 amide bonds. The fraction of sp³-hybridized carbons (Fsp3) is 0.278. The number of ether oxygens (including phenoxy) is 2. The molecule has 2 rings (SSSR count). The molecule has 0 fully saturated rings. The van der Waals surface area contributed by atoms with Crippen LogP contribution >= 0.6 is 0 Å². The van der Waals surface area contributed by atoms with Gasteiger partial charge in [0, 0.05) is 0 Å². The van der Waals surface area contributed by atoms with E-state index in [1.54, 1.807) is 25.3 Å². The van der Waals surface area contributed by atoms with Crippen LogP contribution in [0.5, 0.6) is 11.5 Å². The Balaban J connectivity index is 2.22. The van der Waals surface area contributed by atoms with Crippen LogP contribution in [0.4, 0.5) is 0 Å². The Kier molecular flexibility index (Phi) is 4.63. The largest absolute Gasteiger partial charge is 0.497 e. The maximum absolute atomic E-state index is 11.1. The molecule has 0 spiro atoms. The summed E-state index contributed by atoms with van der Waals surface area (Å²) in [5, 5.41) is 0. The molecule has 21 heavy (non-hydrogen) atoms. The van der Waals surface area contributed by atoms with Crippen molar-refractivity contribution in [3.05, 3.63) is 58.1 Å². The summed E-state index contributed by atoms with van der Waals surface area (Å²) in [6.45, 7) is 6.68. The molecule has 0 unspecified atom stereocenters. The Morgan fingerprint density at radius 1 is 1.05 bits per heavy atom. The van der Waals surface area contributed by atoms with Crippen LogP contribution in [0.2, 0.25) is 0 Å². The average molecular weight is 284 g/mol. The van der Waals surface area contributed by atoms with Gasteiger partial charge in [-0.3, -0.25) is 4.79 Å². The van der Waals surface area contributed by atoms with Crippen LogP contribution in [-0.2, 0) is 6.61 Å². The van der Waals surface area contributed by atoms with Crippen molar-refractivity contribution >= 4 is 6.29 Å². The summed E-state index contributed by atoms with van der Waals surface area (Å²) in [6, 6.07) is 9.51. The topological polar surface area (TPSA) is 35.5 Å². The van der Waals surface area contributed by atoms with Crippen molar-refractivity contribution in [3.8, 4) is 11.5 Å². The summed E-state index contributed by atoms with van der Waals surface area (Å²) in [5.74, 6) is 1.22. The summed E-state index contributed by atoms with van der Waals surface area (Å²) in [6.07, 6.45) is 0.784. The van der Waals surface area contributed by atoms with Crippen LogP contribution in [0.15, 0.2) is 30.3 Å². The second kappa shape index (κ2) is 6.44. The Bertz CT molecular complexity index is 637. The van der Waals surface area contributed by atoms with Crippen LogP contribution in [-0.4, -0.2) is 13.4 Å². The predicted molar refractivity (Wildman–Crippen MR) is 83.4 cm³/mol. The van der Waals surface area contributed by atoms with E-state index < -0.39 is 0 Å². The van der Waals surface area contributed by atoms with Gasteiger partial charge < -0.3 is 9.47 Å². The van der Waals surface area contributed by atoms with Gasteiger partial charge in [0.05, 0.1) is 12.7 Å². The normalized spacial score (nSPS) is 10.3. The van der Waals surface area contributed by atoms with Gasteiger partial charge in [-0.05, 0) is 55.7 Å². The van der Waals surface area contributed by atoms with Crippen molar-refractivity contribution < 1.29 is 14.3 Å². The van der Waals surface area contributed by atoms with Crippen molar-refractivity contribution in [2.45, 2.75) is 27.4 Å². The highest BCUT2D eigenvalue weighted by Gasteiger charge is 2.08. The average Bonchev–Trinajstić information content (AvgIpc) is 2.46. The number of hydrogen-bond acceptors (Lipinski definition) is 3. The van der Waals surface area contributed by atoms with E-state index in [1.807, 2.05) is 0 Å². The fourth-order valence-electron chi connectivity index (χ4n) is 2.46. The first-order valence-corrected chi connectivity index (χ1v) is 6.88. The highest BCUT2D eigenvalue weighted by Crippen LogP contribution is 2.25. The molecular formula is C18H20O3. The molecular weight excluding hydrogens is 264 g/mol. The second-order valence-electron chi connectivity index (χ2n) is 5.19. The van der Waals surface area contributed by atoms with Gasteiger partial charge in [0.1, 0.15) is 18.1 Å². The highest BCUT2D eigenvalue weighted by molar-refractivity contribution is 5.80. The number of rotatable bonds is 5. The molecule has 3 heteroatoms. The number of methoxy groups -OCH3 is 1. The molecule has 0 aromatic heterocycles. The second-order valence-corrected chi connectivity index (χ2v) is 5.19. The molecule has 0 aliphatic carbocycles. The van der Waals surface area contributed by atoms with E-state index in [4.69, 9.17) is 9.47 Å². The zero-order valence-electron chi connectivity index (χ0n) is 12.9. The third kappa shape index (κ3) is 3.43. The monoisotopic (exact) mass is 284 g/mol. The molecule has 0 saturated heterocycles. The summed E-state index contributed by atoms with van der Waals surface area (Å²) >= 11 is 0. The molecule has 0 N–H and O–H groups in total. The quantitative estimate of drug-likeness (QED) is 0.778. The maximum Gasteiger partial charge on any atom is 0.153 e. The van der Waals surface area contributed by atoms with E-state index in [1.165, 1.54) is 16.7 Å².